The molecule has 19 heavy (non-hydrogen) atoms. The van der Waals surface area contributed by atoms with Crippen molar-refractivity contribution in [3.8, 4) is 0 Å². The minimum atomic E-state index is -0.536. The number of ketones is 1. The van der Waals surface area contributed by atoms with Crippen LogP contribution < -0.4 is 10.2 Å². The number of hydrogen-bond donors (Lipinski definition) is 1. The van der Waals surface area contributed by atoms with Crippen molar-refractivity contribution in [2.24, 2.45) is 5.92 Å². The van der Waals surface area contributed by atoms with Gasteiger partial charge in [-0.2, -0.15) is 0 Å². The van der Waals surface area contributed by atoms with Gasteiger partial charge in [0.15, 0.2) is 0 Å². The molecule has 1 unspecified atom stereocenters. The lowest BCUT2D eigenvalue weighted by Crippen LogP contribution is -2.20. The van der Waals surface area contributed by atoms with Gasteiger partial charge in [0.1, 0.15) is 0 Å². The predicted molar refractivity (Wildman–Crippen MR) is 71.6 cm³/mol. The molecular formula is C14H16N2O3. The zero-order valence-corrected chi connectivity index (χ0v) is 10.8. The lowest BCUT2D eigenvalue weighted by Gasteiger charge is -2.19. The molecule has 2 aliphatic rings. The third-order valence-corrected chi connectivity index (χ3v) is 3.76. The van der Waals surface area contributed by atoms with Crippen LogP contribution in [-0.4, -0.2) is 38.5 Å². The highest BCUT2D eigenvalue weighted by molar-refractivity contribution is 6.51. The van der Waals surface area contributed by atoms with Crippen molar-refractivity contribution >= 4 is 23.1 Å². The molecule has 0 radical (unpaired) electrons. The largest absolute Gasteiger partial charge is 0.384 e. The van der Waals surface area contributed by atoms with Gasteiger partial charge in [-0.15, -0.1) is 0 Å². The van der Waals surface area contributed by atoms with Gasteiger partial charge in [0.05, 0.1) is 17.9 Å². The number of amides is 1. The highest BCUT2D eigenvalue weighted by Crippen LogP contribution is 2.31. The average Bonchev–Trinajstić information content (AvgIpc) is 2.96. The number of hydrogen-bond acceptors (Lipinski definition) is 4. The Kier molecular flexibility index (Phi) is 2.98. The average molecular weight is 260 g/mol. The van der Waals surface area contributed by atoms with Gasteiger partial charge in [0.25, 0.3) is 11.7 Å². The molecule has 5 nitrogen and oxygen atoms in total. The Morgan fingerprint density at radius 3 is 3.05 bits per heavy atom. The second-order valence-electron chi connectivity index (χ2n) is 5.07. The molecule has 1 N–H and O–H groups in total. The lowest BCUT2D eigenvalue weighted by atomic mass is 10.1. The van der Waals surface area contributed by atoms with E-state index in [0.717, 1.165) is 31.8 Å². The van der Waals surface area contributed by atoms with E-state index in [4.69, 9.17) is 4.74 Å². The van der Waals surface area contributed by atoms with Crippen molar-refractivity contribution in [2.45, 2.75) is 6.42 Å². The maximum absolute atomic E-state index is 11.5. The van der Waals surface area contributed by atoms with Crippen molar-refractivity contribution in [1.82, 2.24) is 0 Å². The third-order valence-electron chi connectivity index (χ3n) is 3.76. The molecule has 2 aliphatic heterocycles. The summed E-state index contributed by atoms with van der Waals surface area (Å²) in [5.74, 6) is -0.430. The van der Waals surface area contributed by atoms with Crippen molar-refractivity contribution in [1.29, 1.82) is 0 Å². The number of rotatable bonds is 3. The predicted octanol–water partition coefficient (Wildman–Crippen LogP) is 1.29. The summed E-state index contributed by atoms with van der Waals surface area (Å²) in [4.78, 5) is 25.1. The van der Waals surface area contributed by atoms with Crippen molar-refractivity contribution in [3.63, 3.8) is 0 Å². The van der Waals surface area contributed by atoms with Gasteiger partial charge in [-0.05, 0) is 24.6 Å². The number of nitrogens with one attached hydrogen (secondary N) is 1. The minimum absolute atomic E-state index is 0.444. The molecule has 1 aromatic rings. The minimum Gasteiger partial charge on any atom is -0.384 e. The molecule has 5 heteroatoms. The summed E-state index contributed by atoms with van der Waals surface area (Å²) >= 11 is 0. The fraction of sp³-hybridized carbons (Fsp3) is 0.429. The van der Waals surface area contributed by atoms with Crippen LogP contribution >= 0.6 is 0 Å². The SMILES string of the molecule is COCC1CCN(c2ccc3c(c2)NC(=O)C3=O)C1. The van der Waals surface area contributed by atoms with Crippen LogP contribution in [0.1, 0.15) is 16.8 Å². The lowest BCUT2D eigenvalue weighted by molar-refractivity contribution is -0.112. The quantitative estimate of drug-likeness (QED) is 0.832. The number of nitrogens with zero attached hydrogens (tertiary/aromatic N) is 1. The molecule has 1 saturated heterocycles. The zero-order chi connectivity index (χ0) is 13.4. The second-order valence-corrected chi connectivity index (χ2v) is 5.07. The Bertz CT molecular complexity index is 541. The molecular weight excluding hydrogens is 244 g/mol. The molecule has 1 aromatic carbocycles. The van der Waals surface area contributed by atoms with Gasteiger partial charge in [-0.3, -0.25) is 9.59 Å². The first kappa shape index (κ1) is 12.2. The molecule has 3 rings (SSSR count). The van der Waals surface area contributed by atoms with E-state index in [1.165, 1.54) is 0 Å². The summed E-state index contributed by atoms with van der Waals surface area (Å²) in [6.07, 6.45) is 1.11. The highest BCUT2D eigenvalue weighted by Gasteiger charge is 2.29. The number of fused-ring (bicyclic) bond motifs is 1. The smallest absolute Gasteiger partial charge is 0.296 e. The molecule has 0 spiro atoms. The Labute approximate surface area is 111 Å². The number of carbonyl (C=O) groups excluding carboxylic acids is 2. The van der Waals surface area contributed by atoms with Crippen molar-refractivity contribution in [3.05, 3.63) is 23.8 Å². The van der Waals surface area contributed by atoms with Gasteiger partial charge >= 0.3 is 0 Å². The highest BCUT2D eigenvalue weighted by atomic mass is 16.5. The number of benzene rings is 1. The summed E-state index contributed by atoms with van der Waals surface area (Å²) in [6.45, 7) is 2.71. The Morgan fingerprint density at radius 2 is 2.26 bits per heavy atom. The van der Waals surface area contributed by atoms with Gasteiger partial charge in [0.2, 0.25) is 0 Å². The van der Waals surface area contributed by atoms with Crippen LogP contribution in [0.25, 0.3) is 0 Å². The molecule has 0 saturated carbocycles. The number of anilines is 2. The standard InChI is InChI=1S/C14H16N2O3/c1-19-8-9-4-5-16(7-9)10-2-3-11-12(6-10)15-14(18)13(11)17/h2-3,6,9H,4-5,7-8H2,1H3,(H,15,17,18). The van der Waals surface area contributed by atoms with E-state index in [2.05, 4.69) is 10.2 Å². The normalized spacial score (nSPS) is 21.7. The van der Waals surface area contributed by atoms with Gasteiger partial charge in [-0.1, -0.05) is 0 Å². The number of carbonyl (C=O) groups is 2. The van der Waals surface area contributed by atoms with E-state index < -0.39 is 11.7 Å². The van der Waals surface area contributed by atoms with Gasteiger partial charge in [-0.25, -0.2) is 0 Å². The summed E-state index contributed by atoms with van der Waals surface area (Å²) in [5, 5.41) is 2.61. The zero-order valence-electron chi connectivity index (χ0n) is 10.8. The van der Waals surface area contributed by atoms with E-state index >= 15 is 0 Å². The summed E-state index contributed by atoms with van der Waals surface area (Å²) in [7, 11) is 1.72. The van der Waals surface area contributed by atoms with E-state index in [-0.39, 0.29) is 0 Å². The van der Waals surface area contributed by atoms with E-state index in [9.17, 15) is 9.59 Å². The maximum atomic E-state index is 11.5. The molecule has 2 heterocycles. The Hall–Kier alpha value is -1.88. The fourth-order valence-electron chi connectivity index (χ4n) is 2.77. The molecule has 1 fully saturated rings. The van der Waals surface area contributed by atoms with Crippen LogP contribution in [0.2, 0.25) is 0 Å². The Morgan fingerprint density at radius 1 is 1.42 bits per heavy atom. The number of Topliss-reactive ketones (excluding diaryl/α,β-unsaturated/α-hetero) is 1. The van der Waals surface area contributed by atoms with Crippen molar-refractivity contribution in [2.75, 3.05) is 37.0 Å². The molecule has 1 amide bonds. The van der Waals surface area contributed by atoms with E-state index in [1.807, 2.05) is 12.1 Å². The second kappa shape index (κ2) is 4.66. The number of ether oxygens (including phenoxy) is 1. The molecule has 0 bridgehead atoms. The topological polar surface area (TPSA) is 58.6 Å². The molecule has 100 valence electrons. The summed E-state index contributed by atoms with van der Waals surface area (Å²) < 4.78 is 5.18. The first-order chi connectivity index (χ1) is 9.19. The van der Waals surface area contributed by atoms with Crippen LogP contribution in [0.15, 0.2) is 18.2 Å². The number of methoxy groups -OCH3 is 1. The van der Waals surface area contributed by atoms with Crippen LogP contribution in [0.5, 0.6) is 0 Å². The first-order valence-corrected chi connectivity index (χ1v) is 6.42. The monoisotopic (exact) mass is 260 g/mol. The third kappa shape index (κ3) is 2.10. The van der Waals surface area contributed by atoms with Gasteiger partial charge in [0, 0.05) is 31.8 Å². The Balaban J connectivity index is 1.79. The maximum Gasteiger partial charge on any atom is 0.296 e. The van der Waals surface area contributed by atoms with E-state index in [0.29, 0.717) is 17.2 Å². The summed E-state index contributed by atoms with van der Waals surface area (Å²) in [6, 6.07) is 5.52. The van der Waals surface area contributed by atoms with Crippen LogP contribution in [-0.2, 0) is 9.53 Å². The van der Waals surface area contributed by atoms with Crippen LogP contribution in [0.4, 0.5) is 11.4 Å². The fourth-order valence-corrected chi connectivity index (χ4v) is 2.77. The van der Waals surface area contributed by atoms with Crippen LogP contribution in [0, 0.1) is 5.92 Å². The molecule has 0 aromatic heterocycles. The van der Waals surface area contributed by atoms with E-state index in [1.54, 1.807) is 13.2 Å². The van der Waals surface area contributed by atoms with Crippen LogP contribution in [0.3, 0.4) is 0 Å². The molecule has 1 atom stereocenters. The van der Waals surface area contributed by atoms with Crippen molar-refractivity contribution < 1.29 is 14.3 Å². The first-order valence-electron chi connectivity index (χ1n) is 6.42. The molecule has 0 aliphatic carbocycles. The summed E-state index contributed by atoms with van der Waals surface area (Å²) in [5.41, 5.74) is 2.15. The van der Waals surface area contributed by atoms with Gasteiger partial charge < -0.3 is 15.0 Å².